The van der Waals surface area contributed by atoms with E-state index in [9.17, 15) is 0 Å². The predicted octanol–water partition coefficient (Wildman–Crippen LogP) is 4.45. The van der Waals surface area contributed by atoms with Crippen molar-refractivity contribution in [3.8, 4) is 0 Å². The van der Waals surface area contributed by atoms with Crippen LogP contribution >= 0.6 is 0 Å². The van der Waals surface area contributed by atoms with E-state index in [0.29, 0.717) is 17.7 Å². The fourth-order valence-corrected chi connectivity index (χ4v) is 4.24. The molecule has 2 fully saturated rings. The van der Waals surface area contributed by atoms with Gasteiger partial charge in [0.2, 0.25) is 5.95 Å². The molecular formula is C25H25N7O. The summed E-state index contributed by atoms with van der Waals surface area (Å²) in [4.78, 5) is 9.01. The van der Waals surface area contributed by atoms with E-state index in [1.54, 1.807) is 12.4 Å². The lowest BCUT2D eigenvalue weighted by atomic mass is 10.1. The van der Waals surface area contributed by atoms with Crippen molar-refractivity contribution in [1.29, 1.82) is 0 Å². The van der Waals surface area contributed by atoms with E-state index in [4.69, 9.17) is 4.74 Å². The molecule has 1 aliphatic carbocycles. The first kappa shape index (κ1) is 20.0. The standard InChI is InChI=1S/C25H25N7O/c1-2-19(16-4-5-16)24-20(3-1)21(14-28-32-24)30-23-10-11-27-25(31-23)29-18-8-6-17(7-9-18)22-15-26-12-13-33-22/h1-3,6-11,14,16,22,26H,4-5,12-13,15H2,(H2,27,29,30,31,32). The zero-order chi connectivity index (χ0) is 22.0. The van der Waals surface area contributed by atoms with Gasteiger partial charge in [0.15, 0.2) is 0 Å². The van der Waals surface area contributed by atoms with Crippen LogP contribution in [0.1, 0.15) is 36.0 Å². The van der Waals surface area contributed by atoms with E-state index in [1.807, 2.05) is 18.2 Å². The summed E-state index contributed by atoms with van der Waals surface area (Å²) in [6.07, 6.45) is 6.03. The van der Waals surface area contributed by atoms with E-state index in [0.717, 1.165) is 47.5 Å². The van der Waals surface area contributed by atoms with Gasteiger partial charge in [0.1, 0.15) is 5.82 Å². The number of rotatable bonds is 6. The van der Waals surface area contributed by atoms with Crippen LogP contribution in [0.2, 0.25) is 0 Å². The summed E-state index contributed by atoms with van der Waals surface area (Å²) in [7, 11) is 0. The molecule has 2 aromatic heterocycles. The summed E-state index contributed by atoms with van der Waals surface area (Å²) in [6.45, 7) is 2.48. The summed E-state index contributed by atoms with van der Waals surface area (Å²) < 4.78 is 5.82. The monoisotopic (exact) mass is 439 g/mol. The molecule has 4 aromatic rings. The maximum absolute atomic E-state index is 5.82. The van der Waals surface area contributed by atoms with Crippen molar-refractivity contribution in [2.45, 2.75) is 24.9 Å². The van der Waals surface area contributed by atoms with Crippen molar-refractivity contribution in [2.24, 2.45) is 0 Å². The number of benzene rings is 2. The molecule has 1 saturated heterocycles. The van der Waals surface area contributed by atoms with Gasteiger partial charge in [-0.05, 0) is 48.1 Å². The maximum Gasteiger partial charge on any atom is 0.229 e. The Balaban J connectivity index is 1.20. The van der Waals surface area contributed by atoms with E-state index in [1.165, 1.54) is 18.4 Å². The molecule has 3 heterocycles. The highest BCUT2D eigenvalue weighted by Crippen LogP contribution is 2.43. The molecule has 0 radical (unpaired) electrons. The first-order valence-corrected chi connectivity index (χ1v) is 11.4. The number of fused-ring (bicyclic) bond motifs is 1. The smallest absolute Gasteiger partial charge is 0.229 e. The van der Waals surface area contributed by atoms with Gasteiger partial charge in [0.05, 0.1) is 30.1 Å². The minimum atomic E-state index is 0.0980. The summed E-state index contributed by atoms with van der Waals surface area (Å²) in [5.41, 5.74) is 5.22. The highest BCUT2D eigenvalue weighted by molar-refractivity contribution is 5.94. The Morgan fingerprint density at radius 2 is 1.91 bits per heavy atom. The van der Waals surface area contributed by atoms with Crippen LogP contribution in [0, 0.1) is 0 Å². The van der Waals surface area contributed by atoms with Gasteiger partial charge in [-0.2, -0.15) is 15.2 Å². The van der Waals surface area contributed by atoms with Crippen LogP contribution in [-0.2, 0) is 4.74 Å². The third-order valence-corrected chi connectivity index (χ3v) is 6.10. The Hall–Kier alpha value is -3.62. The van der Waals surface area contributed by atoms with E-state index >= 15 is 0 Å². The zero-order valence-electron chi connectivity index (χ0n) is 18.2. The number of ether oxygens (including phenoxy) is 1. The number of nitrogens with one attached hydrogen (secondary N) is 3. The second-order valence-electron chi connectivity index (χ2n) is 8.48. The van der Waals surface area contributed by atoms with E-state index < -0.39 is 0 Å². The first-order chi connectivity index (χ1) is 16.3. The van der Waals surface area contributed by atoms with Crippen molar-refractivity contribution in [2.75, 3.05) is 30.3 Å². The molecule has 2 aliphatic rings. The van der Waals surface area contributed by atoms with Crippen molar-refractivity contribution in [3.05, 3.63) is 72.1 Å². The van der Waals surface area contributed by atoms with Crippen molar-refractivity contribution in [1.82, 2.24) is 25.5 Å². The fraction of sp³-hybridized carbons (Fsp3) is 0.280. The molecule has 0 spiro atoms. The van der Waals surface area contributed by atoms with E-state index in [-0.39, 0.29) is 6.10 Å². The van der Waals surface area contributed by atoms with Gasteiger partial charge in [-0.25, -0.2) is 4.98 Å². The summed E-state index contributed by atoms with van der Waals surface area (Å²) in [5.74, 6) is 1.82. The van der Waals surface area contributed by atoms with Gasteiger partial charge >= 0.3 is 0 Å². The Morgan fingerprint density at radius 1 is 1.00 bits per heavy atom. The molecule has 0 amide bonds. The molecule has 1 unspecified atom stereocenters. The lowest BCUT2D eigenvalue weighted by Gasteiger charge is -2.24. The number of nitrogens with zero attached hydrogens (tertiary/aromatic N) is 4. The second-order valence-corrected chi connectivity index (χ2v) is 8.48. The van der Waals surface area contributed by atoms with Crippen LogP contribution in [0.25, 0.3) is 10.9 Å². The van der Waals surface area contributed by atoms with Crippen LogP contribution in [0.15, 0.2) is 60.9 Å². The number of anilines is 4. The van der Waals surface area contributed by atoms with Gasteiger partial charge in [-0.3, -0.25) is 0 Å². The minimum absolute atomic E-state index is 0.0980. The highest BCUT2D eigenvalue weighted by atomic mass is 16.5. The number of hydrogen-bond donors (Lipinski definition) is 3. The third kappa shape index (κ3) is 4.35. The molecule has 6 rings (SSSR count). The van der Waals surface area contributed by atoms with Crippen molar-refractivity contribution < 1.29 is 4.74 Å². The van der Waals surface area contributed by atoms with Crippen LogP contribution in [0.5, 0.6) is 0 Å². The van der Waals surface area contributed by atoms with Crippen LogP contribution in [0.4, 0.5) is 23.1 Å². The molecule has 1 saturated carbocycles. The van der Waals surface area contributed by atoms with Gasteiger partial charge in [0.25, 0.3) is 0 Å². The third-order valence-electron chi connectivity index (χ3n) is 6.10. The molecule has 1 atom stereocenters. The normalized spacial score (nSPS) is 18.2. The Morgan fingerprint density at radius 3 is 2.73 bits per heavy atom. The molecule has 8 heteroatoms. The Labute approximate surface area is 191 Å². The fourth-order valence-electron chi connectivity index (χ4n) is 4.24. The lowest BCUT2D eigenvalue weighted by molar-refractivity contribution is 0.0277. The average molecular weight is 440 g/mol. The number of morpholine rings is 1. The van der Waals surface area contributed by atoms with E-state index in [2.05, 4.69) is 66.4 Å². The molecule has 0 bridgehead atoms. The van der Waals surface area contributed by atoms with Gasteiger partial charge < -0.3 is 20.7 Å². The summed E-state index contributed by atoms with van der Waals surface area (Å²) >= 11 is 0. The SMILES string of the molecule is c1cc(C2CC2)c2nncc(Nc3ccnc(Nc4ccc(C5CNCCO5)cc4)n3)c2c1. The van der Waals surface area contributed by atoms with Gasteiger partial charge in [-0.1, -0.05) is 30.3 Å². The Kier molecular flexibility index (Phi) is 5.29. The van der Waals surface area contributed by atoms with Crippen molar-refractivity contribution in [3.63, 3.8) is 0 Å². The molecule has 166 valence electrons. The maximum atomic E-state index is 5.82. The molecule has 3 N–H and O–H groups in total. The minimum Gasteiger partial charge on any atom is -0.371 e. The molecule has 1 aliphatic heterocycles. The summed E-state index contributed by atoms with van der Waals surface area (Å²) in [6, 6.07) is 16.4. The lowest BCUT2D eigenvalue weighted by Crippen LogP contribution is -2.33. The first-order valence-electron chi connectivity index (χ1n) is 11.4. The van der Waals surface area contributed by atoms with Crippen LogP contribution in [0.3, 0.4) is 0 Å². The molecule has 33 heavy (non-hydrogen) atoms. The Bertz CT molecular complexity index is 1270. The molecule has 2 aromatic carbocycles. The average Bonchev–Trinajstić information content (AvgIpc) is 3.71. The highest BCUT2D eigenvalue weighted by Gasteiger charge is 2.26. The topological polar surface area (TPSA) is 96.9 Å². The number of hydrogen-bond acceptors (Lipinski definition) is 8. The number of aromatic nitrogens is 4. The molecular weight excluding hydrogens is 414 g/mol. The largest absolute Gasteiger partial charge is 0.371 e. The van der Waals surface area contributed by atoms with Crippen LogP contribution < -0.4 is 16.0 Å². The molecule has 8 nitrogen and oxygen atoms in total. The quantitative estimate of drug-likeness (QED) is 0.406. The zero-order valence-corrected chi connectivity index (χ0v) is 18.2. The second kappa shape index (κ2) is 8.73. The van der Waals surface area contributed by atoms with Gasteiger partial charge in [-0.15, -0.1) is 0 Å². The van der Waals surface area contributed by atoms with Gasteiger partial charge in [0, 0.05) is 30.4 Å². The van der Waals surface area contributed by atoms with Crippen molar-refractivity contribution >= 4 is 34.0 Å². The summed E-state index contributed by atoms with van der Waals surface area (Å²) in [5, 5.41) is 19.7. The predicted molar refractivity (Wildman–Crippen MR) is 128 cm³/mol. The van der Waals surface area contributed by atoms with Crippen LogP contribution in [-0.4, -0.2) is 39.9 Å².